The molecule has 0 fully saturated rings. The quantitative estimate of drug-likeness (QED) is 0.259. The molecule has 1 heterocycles. The van der Waals surface area contributed by atoms with E-state index in [-0.39, 0.29) is 5.56 Å². The molecule has 0 bridgehead atoms. The zero-order valence-corrected chi connectivity index (χ0v) is 18.8. The Bertz CT molecular complexity index is 1260. The number of hydrogen-bond acceptors (Lipinski definition) is 9. The highest BCUT2D eigenvalue weighted by Crippen LogP contribution is 2.33. The van der Waals surface area contributed by atoms with Gasteiger partial charge in [0.1, 0.15) is 0 Å². The number of thiazole rings is 1. The van der Waals surface area contributed by atoms with Gasteiger partial charge in [-0.15, -0.1) is 0 Å². The van der Waals surface area contributed by atoms with Crippen LogP contribution in [0.3, 0.4) is 0 Å². The van der Waals surface area contributed by atoms with Gasteiger partial charge in [-0.1, -0.05) is 11.3 Å². The first-order valence-corrected chi connectivity index (χ1v) is 10.5. The summed E-state index contributed by atoms with van der Waals surface area (Å²) in [6.45, 7) is 3.07. The SMILES string of the molecule is CCOCCn1c(=NC(=O)c2cc([N+](=O)[O-])cc([N+](=O)[O-])c2)sc2cc(OC)c(OC)cc21. The maximum absolute atomic E-state index is 12.9. The van der Waals surface area contributed by atoms with E-state index in [9.17, 15) is 25.0 Å². The summed E-state index contributed by atoms with van der Waals surface area (Å²) >= 11 is 1.19. The lowest BCUT2D eigenvalue weighted by Crippen LogP contribution is -2.20. The lowest BCUT2D eigenvalue weighted by atomic mass is 10.1. The molecule has 33 heavy (non-hydrogen) atoms. The van der Waals surface area contributed by atoms with Crippen LogP contribution in [0.5, 0.6) is 11.5 Å². The number of rotatable bonds is 9. The molecule has 0 spiro atoms. The number of nitrogens with zero attached hydrogens (tertiary/aromatic N) is 4. The number of ether oxygens (including phenoxy) is 3. The molecule has 0 saturated carbocycles. The van der Waals surface area contributed by atoms with E-state index < -0.39 is 27.1 Å². The van der Waals surface area contributed by atoms with Crippen LogP contribution in [0.2, 0.25) is 0 Å². The van der Waals surface area contributed by atoms with E-state index in [1.54, 1.807) is 16.7 Å². The number of nitro benzene ring substituents is 2. The molecule has 0 aliphatic carbocycles. The fourth-order valence-electron chi connectivity index (χ4n) is 3.08. The van der Waals surface area contributed by atoms with Crippen LogP contribution in [0.15, 0.2) is 35.3 Å². The summed E-state index contributed by atoms with van der Waals surface area (Å²) in [5.41, 5.74) is -0.690. The van der Waals surface area contributed by atoms with Crippen molar-refractivity contribution in [3.8, 4) is 11.5 Å². The van der Waals surface area contributed by atoms with E-state index in [2.05, 4.69) is 4.99 Å². The van der Waals surface area contributed by atoms with Gasteiger partial charge in [-0.25, -0.2) is 0 Å². The number of carbonyl (C=O) groups is 1. The van der Waals surface area contributed by atoms with E-state index in [1.807, 2.05) is 6.92 Å². The molecule has 0 saturated heterocycles. The molecule has 3 rings (SSSR count). The van der Waals surface area contributed by atoms with Crippen LogP contribution in [0.1, 0.15) is 17.3 Å². The Hall–Kier alpha value is -3.84. The Morgan fingerprint density at radius 1 is 1.03 bits per heavy atom. The second-order valence-corrected chi connectivity index (χ2v) is 7.59. The molecule has 0 N–H and O–H groups in total. The fraction of sp³-hybridized carbons (Fsp3) is 0.300. The summed E-state index contributed by atoms with van der Waals surface area (Å²) in [4.78, 5) is 38.0. The Morgan fingerprint density at radius 3 is 2.18 bits per heavy atom. The van der Waals surface area contributed by atoms with Crippen molar-refractivity contribution in [1.82, 2.24) is 4.57 Å². The summed E-state index contributed by atoms with van der Waals surface area (Å²) < 4.78 is 18.6. The first-order valence-electron chi connectivity index (χ1n) is 9.65. The number of fused-ring (bicyclic) bond motifs is 1. The highest BCUT2D eigenvalue weighted by Gasteiger charge is 2.20. The highest BCUT2D eigenvalue weighted by molar-refractivity contribution is 7.16. The number of benzene rings is 2. The lowest BCUT2D eigenvalue weighted by molar-refractivity contribution is -0.394. The van der Waals surface area contributed by atoms with Crippen LogP contribution < -0.4 is 14.3 Å². The number of amides is 1. The predicted molar refractivity (Wildman–Crippen MR) is 119 cm³/mol. The predicted octanol–water partition coefficient (Wildman–Crippen LogP) is 3.31. The van der Waals surface area contributed by atoms with Gasteiger partial charge in [-0.05, 0) is 6.92 Å². The van der Waals surface area contributed by atoms with E-state index in [4.69, 9.17) is 14.2 Å². The van der Waals surface area contributed by atoms with Gasteiger partial charge in [0.25, 0.3) is 17.3 Å². The average Bonchev–Trinajstić information content (AvgIpc) is 3.13. The molecule has 0 unspecified atom stereocenters. The van der Waals surface area contributed by atoms with Gasteiger partial charge in [-0.2, -0.15) is 4.99 Å². The maximum Gasteiger partial charge on any atom is 0.280 e. The van der Waals surface area contributed by atoms with Gasteiger partial charge in [0.2, 0.25) is 0 Å². The van der Waals surface area contributed by atoms with Crippen molar-refractivity contribution in [2.75, 3.05) is 27.4 Å². The smallest absolute Gasteiger partial charge is 0.280 e. The van der Waals surface area contributed by atoms with Crippen LogP contribution in [0, 0.1) is 20.2 Å². The van der Waals surface area contributed by atoms with Crippen molar-refractivity contribution in [2.45, 2.75) is 13.5 Å². The molecule has 1 amide bonds. The summed E-state index contributed by atoms with van der Waals surface area (Å²) in [5.74, 6) is 0.132. The minimum Gasteiger partial charge on any atom is -0.493 e. The van der Waals surface area contributed by atoms with Crippen molar-refractivity contribution in [2.24, 2.45) is 4.99 Å². The summed E-state index contributed by atoms with van der Waals surface area (Å²) in [7, 11) is 3.01. The van der Waals surface area contributed by atoms with Gasteiger partial charge >= 0.3 is 0 Å². The van der Waals surface area contributed by atoms with Crippen molar-refractivity contribution in [3.05, 3.63) is 60.9 Å². The standard InChI is InChI=1S/C20H20N4O8S/c1-4-32-6-5-22-15-10-16(30-2)17(31-3)11-18(15)33-20(22)21-19(25)12-7-13(23(26)27)9-14(8-12)24(28)29/h7-11H,4-6H2,1-3H3. The number of nitro groups is 2. The van der Waals surface area contributed by atoms with Crippen molar-refractivity contribution < 1.29 is 28.9 Å². The molecular formula is C20H20N4O8S. The highest BCUT2D eigenvalue weighted by atomic mass is 32.1. The van der Waals surface area contributed by atoms with Crippen LogP contribution in [0.25, 0.3) is 10.2 Å². The van der Waals surface area contributed by atoms with E-state index in [0.29, 0.717) is 41.6 Å². The molecule has 3 aromatic rings. The van der Waals surface area contributed by atoms with Crippen molar-refractivity contribution >= 4 is 38.8 Å². The van der Waals surface area contributed by atoms with Gasteiger partial charge in [0, 0.05) is 37.4 Å². The Labute approximate surface area is 190 Å². The fourth-order valence-corrected chi connectivity index (χ4v) is 4.14. The Morgan fingerprint density at radius 2 is 1.64 bits per heavy atom. The van der Waals surface area contributed by atoms with Gasteiger partial charge in [0.15, 0.2) is 16.3 Å². The average molecular weight is 476 g/mol. The number of aromatic nitrogens is 1. The van der Waals surface area contributed by atoms with Crippen LogP contribution in [-0.4, -0.2) is 47.8 Å². The third-order valence-electron chi connectivity index (χ3n) is 4.62. The Balaban J connectivity index is 2.17. The summed E-state index contributed by atoms with van der Waals surface area (Å²) in [6.07, 6.45) is 0. The topological polar surface area (TPSA) is 148 Å². The minimum atomic E-state index is -0.850. The molecule has 0 aliphatic rings. The van der Waals surface area contributed by atoms with Gasteiger partial charge in [-0.3, -0.25) is 25.0 Å². The molecule has 0 aliphatic heterocycles. The monoisotopic (exact) mass is 476 g/mol. The lowest BCUT2D eigenvalue weighted by Gasteiger charge is -2.09. The number of methoxy groups -OCH3 is 2. The van der Waals surface area contributed by atoms with E-state index >= 15 is 0 Å². The molecule has 13 heteroatoms. The largest absolute Gasteiger partial charge is 0.493 e. The van der Waals surface area contributed by atoms with Gasteiger partial charge < -0.3 is 18.8 Å². The van der Waals surface area contributed by atoms with E-state index in [0.717, 1.165) is 22.9 Å². The second kappa shape index (κ2) is 10.2. The van der Waals surface area contributed by atoms with Crippen LogP contribution >= 0.6 is 11.3 Å². The third-order valence-corrected chi connectivity index (χ3v) is 5.66. The molecule has 2 aromatic carbocycles. The molecular weight excluding hydrogens is 456 g/mol. The number of hydrogen-bond donors (Lipinski definition) is 0. The molecule has 1 aromatic heterocycles. The maximum atomic E-state index is 12.9. The first kappa shape index (κ1) is 23.8. The number of non-ortho nitro benzene ring substituents is 2. The van der Waals surface area contributed by atoms with Crippen molar-refractivity contribution in [3.63, 3.8) is 0 Å². The van der Waals surface area contributed by atoms with Crippen molar-refractivity contribution in [1.29, 1.82) is 0 Å². The Kier molecular flexibility index (Phi) is 7.35. The van der Waals surface area contributed by atoms with Crippen LogP contribution in [0.4, 0.5) is 11.4 Å². The minimum absolute atomic E-state index is 0.264. The molecule has 12 nitrogen and oxygen atoms in total. The molecule has 0 radical (unpaired) electrons. The number of carbonyl (C=O) groups excluding carboxylic acids is 1. The van der Waals surface area contributed by atoms with Gasteiger partial charge in [0.05, 0.1) is 52.5 Å². The zero-order valence-electron chi connectivity index (χ0n) is 18.0. The second-order valence-electron chi connectivity index (χ2n) is 6.58. The first-order chi connectivity index (χ1) is 15.8. The molecule has 0 atom stereocenters. The van der Waals surface area contributed by atoms with E-state index in [1.165, 1.54) is 25.6 Å². The summed E-state index contributed by atoms with van der Waals surface area (Å²) in [6, 6.07) is 6.21. The zero-order chi connectivity index (χ0) is 24.1. The van der Waals surface area contributed by atoms with Crippen LogP contribution in [-0.2, 0) is 11.3 Å². The summed E-state index contributed by atoms with van der Waals surface area (Å²) in [5, 5.41) is 22.3. The normalized spacial score (nSPS) is 11.5. The molecule has 174 valence electrons. The third kappa shape index (κ3) is 5.15.